The number of halogens is 1. The summed E-state index contributed by atoms with van der Waals surface area (Å²) in [4.78, 5) is 31.7. The predicted octanol–water partition coefficient (Wildman–Crippen LogP) is 2.83. The lowest BCUT2D eigenvalue weighted by Crippen LogP contribution is -2.53. The summed E-state index contributed by atoms with van der Waals surface area (Å²) in [6, 6.07) is 14.1. The van der Waals surface area contributed by atoms with E-state index < -0.39 is 0 Å². The standard InChI is InChI=1S/C24H28FN3O2/c1-26(15-18-7-6-10-21(25)13-18)23(29)17-28-16-20-9-3-2-8-19(20)14-22(28)24(30)27-11-4-5-12-27/h2-3,6-10,13,22H,4-5,11-12,14-17H2,1H3/t22-/m0/s1. The van der Waals surface area contributed by atoms with Crippen LogP contribution in [0.3, 0.4) is 0 Å². The Morgan fingerprint density at radius 1 is 1.07 bits per heavy atom. The van der Waals surface area contributed by atoms with Gasteiger partial charge in [0.1, 0.15) is 5.82 Å². The molecule has 0 aliphatic carbocycles. The number of fused-ring (bicyclic) bond motifs is 1. The van der Waals surface area contributed by atoms with E-state index in [1.807, 2.05) is 28.0 Å². The Hall–Kier alpha value is -2.73. The number of nitrogens with zero attached hydrogens (tertiary/aromatic N) is 3. The number of likely N-dealkylation sites (N-methyl/N-ethyl adjacent to an activating group) is 1. The van der Waals surface area contributed by atoms with Crippen molar-refractivity contribution >= 4 is 11.8 Å². The van der Waals surface area contributed by atoms with Gasteiger partial charge in [0.25, 0.3) is 0 Å². The molecule has 2 aliphatic rings. The van der Waals surface area contributed by atoms with Gasteiger partial charge >= 0.3 is 0 Å². The SMILES string of the molecule is CN(Cc1cccc(F)c1)C(=O)CN1Cc2ccccc2C[C@H]1C(=O)N1CCCC1. The molecule has 0 saturated carbocycles. The fourth-order valence-electron chi connectivity index (χ4n) is 4.43. The van der Waals surface area contributed by atoms with Gasteiger partial charge in [-0.05, 0) is 48.1 Å². The highest BCUT2D eigenvalue weighted by Gasteiger charge is 2.36. The molecule has 2 aliphatic heterocycles. The van der Waals surface area contributed by atoms with Gasteiger partial charge in [0, 0.05) is 33.2 Å². The highest BCUT2D eigenvalue weighted by molar-refractivity contribution is 5.84. The van der Waals surface area contributed by atoms with Gasteiger partial charge in [0.15, 0.2) is 0 Å². The van der Waals surface area contributed by atoms with Crippen molar-refractivity contribution in [3.63, 3.8) is 0 Å². The lowest BCUT2D eigenvalue weighted by Gasteiger charge is -2.38. The normalized spacial score (nSPS) is 18.9. The Morgan fingerprint density at radius 2 is 1.80 bits per heavy atom. The molecule has 2 aromatic rings. The number of carbonyl (C=O) groups is 2. The van der Waals surface area contributed by atoms with E-state index in [0.29, 0.717) is 19.5 Å². The number of benzene rings is 2. The first kappa shape index (κ1) is 20.5. The Balaban J connectivity index is 1.49. The quantitative estimate of drug-likeness (QED) is 0.763. The summed E-state index contributed by atoms with van der Waals surface area (Å²) in [5.74, 6) is -0.252. The summed E-state index contributed by atoms with van der Waals surface area (Å²) in [6.07, 6.45) is 2.72. The summed E-state index contributed by atoms with van der Waals surface area (Å²) in [6.45, 7) is 2.70. The molecule has 158 valence electrons. The minimum atomic E-state index is -0.315. The van der Waals surface area contributed by atoms with Crippen LogP contribution in [-0.4, -0.2) is 59.2 Å². The highest BCUT2D eigenvalue weighted by Crippen LogP contribution is 2.25. The second-order valence-electron chi connectivity index (χ2n) is 8.31. The molecule has 1 atom stereocenters. The first-order valence-corrected chi connectivity index (χ1v) is 10.6. The molecule has 0 bridgehead atoms. The molecule has 1 fully saturated rings. The summed E-state index contributed by atoms with van der Waals surface area (Å²) in [5.41, 5.74) is 3.11. The maximum atomic E-state index is 13.5. The predicted molar refractivity (Wildman–Crippen MR) is 113 cm³/mol. The maximum absolute atomic E-state index is 13.5. The van der Waals surface area contributed by atoms with Gasteiger partial charge < -0.3 is 9.80 Å². The fourth-order valence-corrected chi connectivity index (χ4v) is 4.43. The van der Waals surface area contributed by atoms with Crippen molar-refractivity contribution in [3.8, 4) is 0 Å². The molecule has 6 heteroatoms. The molecule has 2 heterocycles. The van der Waals surface area contributed by atoms with Gasteiger partial charge in [-0.1, -0.05) is 36.4 Å². The Labute approximate surface area is 177 Å². The van der Waals surface area contributed by atoms with Gasteiger partial charge in [0.2, 0.25) is 11.8 Å². The first-order chi connectivity index (χ1) is 14.5. The molecule has 0 radical (unpaired) electrons. The number of carbonyl (C=O) groups excluding carboxylic acids is 2. The van der Waals surface area contributed by atoms with Crippen LogP contribution < -0.4 is 0 Å². The monoisotopic (exact) mass is 409 g/mol. The van der Waals surface area contributed by atoms with Crippen molar-refractivity contribution in [1.82, 2.24) is 14.7 Å². The average Bonchev–Trinajstić information content (AvgIpc) is 3.27. The summed E-state index contributed by atoms with van der Waals surface area (Å²) < 4.78 is 13.5. The lowest BCUT2D eigenvalue weighted by atomic mass is 9.93. The van der Waals surface area contributed by atoms with Crippen LogP contribution in [0.4, 0.5) is 4.39 Å². The Morgan fingerprint density at radius 3 is 2.53 bits per heavy atom. The molecule has 0 spiro atoms. The number of rotatable bonds is 5. The third-order valence-electron chi connectivity index (χ3n) is 6.12. The third kappa shape index (κ3) is 4.54. The van der Waals surface area contributed by atoms with Gasteiger partial charge in [-0.25, -0.2) is 4.39 Å². The topological polar surface area (TPSA) is 43.9 Å². The molecule has 2 amide bonds. The number of likely N-dealkylation sites (tertiary alicyclic amines) is 1. The van der Waals surface area contributed by atoms with Gasteiger partial charge in [0.05, 0.1) is 12.6 Å². The molecule has 30 heavy (non-hydrogen) atoms. The molecule has 0 N–H and O–H groups in total. The van der Waals surface area contributed by atoms with Gasteiger partial charge in [-0.3, -0.25) is 14.5 Å². The zero-order valence-electron chi connectivity index (χ0n) is 17.4. The second kappa shape index (κ2) is 8.96. The molecule has 0 aromatic heterocycles. The second-order valence-corrected chi connectivity index (χ2v) is 8.31. The number of hydrogen-bond acceptors (Lipinski definition) is 3. The largest absolute Gasteiger partial charge is 0.341 e. The van der Waals surface area contributed by atoms with E-state index in [1.165, 1.54) is 23.3 Å². The van der Waals surface area contributed by atoms with E-state index in [0.717, 1.165) is 31.5 Å². The lowest BCUT2D eigenvalue weighted by molar-refractivity contribution is -0.139. The minimum absolute atomic E-state index is 0.0714. The van der Waals surface area contributed by atoms with Crippen LogP contribution in [-0.2, 0) is 29.1 Å². The van der Waals surface area contributed by atoms with Crippen LogP contribution in [0.2, 0.25) is 0 Å². The number of hydrogen-bond donors (Lipinski definition) is 0. The van der Waals surface area contributed by atoms with Crippen molar-refractivity contribution in [1.29, 1.82) is 0 Å². The van der Waals surface area contributed by atoms with E-state index in [2.05, 4.69) is 12.1 Å². The zero-order valence-corrected chi connectivity index (χ0v) is 17.4. The molecule has 4 rings (SSSR count). The van der Waals surface area contributed by atoms with E-state index in [4.69, 9.17) is 0 Å². The van der Waals surface area contributed by atoms with Gasteiger partial charge in [-0.15, -0.1) is 0 Å². The average molecular weight is 410 g/mol. The van der Waals surface area contributed by atoms with Crippen molar-refractivity contribution < 1.29 is 14.0 Å². The van der Waals surface area contributed by atoms with E-state index >= 15 is 0 Å². The van der Waals surface area contributed by atoms with Crippen molar-refractivity contribution in [3.05, 3.63) is 71.0 Å². The van der Waals surface area contributed by atoms with E-state index in [-0.39, 0.29) is 30.2 Å². The third-order valence-corrected chi connectivity index (χ3v) is 6.12. The first-order valence-electron chi connectivity index (χ1n) is 10.6. The Bertz CT molecular complexity index is 926. The number of amides is 2. The molecular formula is C24H28FN3O2. The maximum Gasteiger partial charge on any atom is 0.240 e. The van der Waals surface area contributed by atoms with E-state index in [9.17, 15) is 14.0 Å². The van der Waals surface area contributed by atoms with Crippen LogP contribution in [0.1, 0.15) is 29.5 Å². The van der Waals surface area contributed by atoms with Crippen molar-refractivity contribution in [2.45, 2.75) is 38.4 Å². The molecule has 2 aromatic carbocycles. The van der Waals surface area contributed by atoms with Crippen LogP contribution in [0.5, 0.6) is 0 Å². The van der Waals surface area contributed by atoms with Crippen LogP contribution in [0.25, 0.3) is 0 Å². The smallest absolute Gasteiger partial charge is 0.240 e. The highest BCUT2D eigenvalue weighted by atomic mass is 19.1. The molecular weight excluding hydrogens is 381 g/mol. The fraction of sp³-hybridized carbons (Fsp3) is 0.417. The summed E-state index contributed by atoms with van der Waals surface area (Å²) in [7, 11) is 1.72. The zero-order chi connectivity index (χ0) is 21.1. The van der Waals surface area contributed by atoms with Gasteiger partial charge in [-0.2, -0.15) is 0 Å². The molecule has 1 saturated heterocycles. The Kier molecular flexibility index (Phi) is 6.13. The van der Waals surface area contributed by atoms with Crippen molar-refractivity contribution in [2.24, 2.45) is 0 Å². The van der Waals surface area contributed by atoms with Crippen LogP contribution >= 0.6 is 0 Å². The molecule has 5 nitrogen and oxygen atoms in total. The summed E-state index contributed by atoms with van der Waals surface area (Å²) in [5, 5.41) is 0. The van der Waals surface area contributed by atoms with Crippen molar-refractivity contribution in [2.75, 3.05) is 26.7 Å². The molecule has 0 unspecified atom stereocenters. The van der Waals surface area contributed by atoms with Crippen LogP contribution in [0.15, 0.2) is 48.5 Å². The van der Waals surface area contributed by atoms with E-state index in [1.54, 1.807) is 18.0 Å². The minimum Gasteiger partial charge on any atom is -0.341 e. The summed E-state index contributed by atoms with van der Waals surface area (Å²) >= 11 is 0. The van der Waals surface area contributed by atoms with Crippen LogP contribution in [0, 0.1) is 5.82 Å².